The van der Waals surface area contributed by atoms with Crippen LogP contribution in [0.15, 0.2) is 28.1 Å². The molecule has 0 radical (unpaired) electrons. The van der Waals surface area contributed by atoms with E-state index in [4.69, 9.17) is 78.7 Å². The molecule has 1 aromatic heterocycles. The number of carbonyl (C=O) groups excluding carboxylic acids is 1. The minimum absolute atomic E-state index is 0.147. The number of hydrogen-bond donors (Lipinski definition) is 2. The predicted octanol–water partition coefficient (Wildman–Crippen LogP) is 3.87. The van der Waals surface area contributed by atoms with E-state index in [1.807, 2.05) is 13.8 Å². The predicted molar refractivity (Wildman–Crippen MR) is 161 cm³/mol. The highest BCUT2D eigenvalue weighted by molar-refractivity contribution is 9.05. The van der Waals surface area contributed by atoms with E-state index in [1.165, 1.54) is 12.3 Å². The number of rotatable bonds is 6. The molecule has 1 saturated heterocycles. The molecule has 180 valence electrons. The Kier molecular flexibility index (Phi) is 9.92. The maximum atomic E-state index is 13.4. The fraction of sp³-hybridized carbons (Fsp3) is 0.368. The van der Waals surface area contributed by atoms with Gasteiger partial charge in [0.15, 0.2) is 0 Å². The van der Waals surface area contributed by atoms with Gasteiger partial charge in [-0.3, -0.25) is 34.2 Å². The van der Waals surface area contributed by atoms with Gasteiger partial charge in [-0.2, -0.15) is 0 Å². The Morgan fingerprint density at radius 3 is 2.36 bits per heavy atom. The molecule has 2 heterocycles. The lowest BCUT2D eigenvalue weighted by atomic mass is 9.86. The molecule has 0 atom stereocenters. The molecular formula is C19H20ClN3OS9-2. The number of amides is 1. The molecule has 2 N–H and O–H groups in total. The minimum atomic E-state index is -2.41. The van der Waals surface area contributed by atoms with Gasteiger partial charge < -0.3 is 18.6 Å². The summed E-state index contributed by atoms with van der Waals surface area (Å²) in [4.78, 5) is 18.9. The summed E-state index contributed by atoms with van der Waals surface area (Å²) in [6.45, 7) is 5.65. The highest BCUT2D eigenvalue weighted by Gasteiger charge is 2.27. The lowest BCUT2D eigenvalue weighted by Gasteiger charge is -2.35. The molecule has 1 amide bonds. The number of halogens is 1. The first-order valence-electron chi connectivity index (χ1n) is 9.71. The van der Waals surface area contributed by atoms with Gasteiger partial charge in [0.2, 0.25) is 0 Å². The van der Waals surface area contributed by atoms with Gasteiger partial charge in [0, 0.05) is 16.7 Å². The number of carbonyl (C=O) groups is 1. The molecule has 14 heteroatoms. The highest BCUT2D eigenvalue weighted by Crippen LogP contribution is 2.43. The van der Waals surface area contributed by atoms with Crippen LogP contribution in [0.2, 0.25) is 5.15 Å². The minimum Gasteiger partial charge on any atom is -0.321 e. The number of nitrogens with one attached hydrogen (secondary N) is 2. The largest absolute Gasteiger partial charge is 0.321 e. The van der Waals surface area contributed by atoms with Crippen molar-refractivity contribution in [3.63, 3.8) is 0 Å². The summed E-state index contributed by atoms with van der Waals surface area (Å²) < 4.78 is 0. The van der Waals surface area contributed by atoms with Crippen LogP contribution in [0.5, 0.6) is 0 Å². The van der Waals surface area contributed by atoms with Crippen LogP contribution in [0, 0.1) is 13.8 Å². The molecule has 4 nitrogen and oxygen atoms in total. The van der Waals surface area contributed by atoms with E-state index in [-0.39, 0.29) is 17.0 Å². The first-order valence-corrected chi connectivity index (χ1v) is 20.2. The summed E-state index contributed by atoms with van der Waals surface area (Å²) in [5.41, 5.74) is 3.75. The van der Waals surface area contributed by atoms with E-state index >= 15 is 0 Å². The summed E-state index contributed by atoms with van der Waals surface area (Å²) in [5, 5.41) is 6.72. The second kappa shape index (κ2) is 11.7. The van der Waals surface area contributed by atoms with Gasteiger partial charge in [-0.25, -0.2) is 27.4 Å². The van der Waals surface area contributed by atoms with Crippen LogP contribution in [0.25, 0.3) is 0 Å². The molecule has 3 rings (SSSR count). The zero-order valence-corrected chi connectivity index (χ0v) is 25.6. The van der Waals surface area contributed by atoms with Gasteiger partial charge >= 0.3 is 0 Å². The molecule has 33 heavy (non-hydrogen) atoms. The van der Waals surface area contributed by atoms with Crippen molar-refractivity contribution < 1.29 is 4.79 Å². The molecule has 1 fully saturated rings. The second-order valence-corrected chi connectivity index (χ2v) is 24.4. The van der Waals surface area contributed by atoms with Crippen LogP contribution in [-0.2, 0) is 88.4 Å². The molecule has 0 aliphatic carbocycles. The van der Waals surface area contributed by atoms with E-state index in [9.17, 15) is 4.79 Å². The molecule has 1 aliphatic heterocycles. The first kappa shape index (κ1) is 28.0. The number of hydrogen-bond acceptors (Lipinski definition) is 11. The van der Waals surface area contributed by atoms with E-state index in [1.54, 1.807) is 6.07 Å². The Labute approximate surface area is 230 Å². The number of pyridine rings is 1. The van der Waals surface area contributed by atoms with Crippen LogP contribution >= 0.6 is 11.6 Å². The normalized spacial score (nSPS) is 15.2. The summed E-state index contributed by atoms with van der Waals surface area (Å²) in [5.74, 6) is -0.193. The first-order chi connectivity index (χ1) is 15.5. The summed E-state index contributed by atoms with van der Waals surface area (Å²) in [6, 6.07) is 3.11. The van der Waals surface area contributed by atoms with Crippen molar-refractivity contribution >= 4 is 112 Å². The van der Waals surface area contributed by atoms with Gasteiger partial charge in [0.1, 0.15) is 5.15 Å². The van der Waals surface area contributed by atoms with Crippen molar-refractivity contribution in [1.29, 1.82) is 0 Å². The topological polar surface area (TPSA) is 54.0 Å². The lowest BCUT2D eigenvalue weighted by molar-refractivity contribution is 0.102. The Bertz CT molecular complexity index is 1360. The van der Waals surface area contributed by atoms with Crippen molar-refractivity contribution in [3.8, 4) is 0 Å². The second-order valence-electron chi connectivity index (χ2n) is 7.44. The number of anilines is 1. The summed E-state index contributed by atoms with van der Waals surface area (Å²) >= 11 is 39.9. The van der Waals surface area contributed by atoms with Crippen molar-refractivity contribution in [1.82, 2.24) is 10.3 Å². The Morgan fingerprint density at radius 1 is 1.18 bits per heavy atom. The fourth-order valence-electron chi connectivity index (χ4n) is 3.91. The number of aromatic nitrogens is 1. The van der Waals surface area contributed by atoms with Gasteiger partial charge in [0.25, 0.3) is 5.91 Å². The molecule has 1 aliphatic rings. The van der Waals surface area contributed by atoms with Crippen LogP contribution in [0.1, 0.15) is 45.8 Å². The molecule has 2 aromatic rings. The molecule has 1 aromatic carbocycles. The van der Waals surface area contributed by atoms with Gasteiger partial charge in [-0.05, 0) is 69.0 Å². The SMILES string of the molecule is Cc1c(C)c(S(=S)(=S)[S-](=S)=S)c(NC(=O)c2ccnc(Cl)c2)c(C2CCNCC2)c1[S-](=S)=S. The molecular weight excluding hydrogens is 610 g/mol. The molecule has 0 saturated carbocycles. The Morgan fingerprint density at radius 2 is 1.82 bits per heavy atom. The Balaban J connectivity index is 2.40. The van der Waals surface area contributed by atoms with Crippen LogP contribution in [0.3, 0.4) is 0 Å². The van der Waals surface area contributed by atoms with Gasteiger partial charge in [-0.1, -0.05) is 39.5 Å². The summed E-state index contributed by atoms with van der Waals surface area (Å²) in [7, 11) is -1.94. The average Bonchev–Trinajstić information content (AvgIpc) is 2.76. The van der Waals surface area contributed by atoms with Crippen molar-refractivity contribution in [2.24, 2.45) is 0 Å². The molecule has 0 bridgehead atoms. The van der Waals surface area contributed by atoms with Crippen LogP contribution < -0.4 is 10.6 Å². The maximum absolute atomic E-state index is 13.4. The lowest BCUT2D eigenvalue weighted by Crippen LogP contribution is -2.29. The standard InChI is InChI=1S/C19H20ClN3OS9/c1-10-11(2)18(33(29,30)32(27)28)16(23-19(24)13-5-8-22-14(20)9-13)15(17(10)31(25)26)12-3-6-21-7-4-12/h5,8-9,12,21H,3-4,6-7H2,1-2H3,(H,23,24)/q-2. The van der Waals surface area contributed by atoms with Crippen LogP contribution in [-0.4, -0.2) is 24.0 Å². The third kappa shape index (κ3) is 6.07. The average molecular weight is 630 g/mol. The monoisotopic (exact) mass is 629 g/mol. The summed E-state index contributed by atoms with van der Waals surface area (Å²) in [6.07, 6.45) is 0.838. The van der Waals surface area contributed by atoms with Crippen molar-refractivity contribution in [2.45, 2.75) is 42.4 Å². The number of benzene rings is 1. The maximum Gasteiger partial charge on any atom is 0.255 e. The highest BCUT2D eigenvalue weighted by atomic mass is 35.5. The van der Waals surface area contributed by atoms with Gasteiger partial charge in [-0.15, -0.1) is 11.1 Å². The van der Waals surface area contributed by atoms with E-state index < -0.39 is 21.2 Å². The van der Waals surface area contributed by atoms with Gasteiger partial charge in [0.05, 0.1) is 5.69 Å². The fourth-order valence-corrected chi connectivity index (χ4v) is 10.8. The molecule has 0 unspecified atom stereocenters. The molecule has 0 spiro atoms. The zero-order chi connectivity index (χ0) is 24.5. The van der Waals surface area contributed by atoms with Crippen molar-refractivity contribution in [3.05, 3.63) is 45.7 Å². The number of nitrogens with zero attached hydrogens (tertiary/aromatic N) is 1. The smallest absolute Gasteiger partial charge is 0.255 e. The Hall–Kier alpha value is 0.460. The third-order valence-electron chi connectivity index (χ3n) is 5.56. The van der Waals surface area contributed by atoms with E-state index in [0.29, 0.717) is 16.1 Å². The number of piperidine rings is 1. The van der Waals surface area contributed by atoms with E-state index in [2.05, 4.69) is 15.6 Å². The van der Waals surface area contributed by atoms with Crippen molar-refractivity contribution in [2.75, 3.05) is 18.4 Å². The third-order valence-corrected chi connectivity index (χ3v) is 20.8. The quantitative estimate of drug-likeness (QED) is 0.282. The van der Waals surface area contributed by atoms with E-state index in [0.717, 1.165) is 47.5 Å². The zero-order valence-electron chi connectivity index (χ0n) is 17.5. The van der Waals surface area contributed by atoms with Crippen LogP contribution in [0.4, 0.5) is 5.69 Å².